The zero-order chi connectivity index (χ0) is 11.9. The second-order valence-corrected chi connectivity index (χ2v) is 4.26. The number of hydrogen-bond acceptors (Lipinski definition) is 6. The van der Waals surface area contributed by atoms with Gasteiger partial charge in [0.05, 0.1) is 12.5 Å². The van der Waals surface area contributed by atoms with Crippen LogP contribution in [0, 0.1) is 0 Å². The fraction of sp³-hybridized carbons (Fsp3) is 0.300. The molecule has 0 fully saturated rings. The summed E-state index contributed by atoms with van der Waals surface area (Å²) in [6.07, 6.45) is 4.26. The maximum Gasteiger partial charge on any atom is 0.240 e. The van der Waals surface area contributed by atoms with Gasteiger partial charge in [-0.1, -0.05) is 18.7 Å². The Hall–Kier alpha value is -1.76. The van der Waals surface area contributed by atoms with Crippen LogP contribution >= 0.6 is 11.8 Å². The van der Waals surface area contributed by atoms with Crippen molar-refractivity contribution in [3.63, 3.8) is 0 Å². The Labute approximate surface area is 103 Å². The highest BCUT2D eigenvalue weighted by Crippen LogP contribution is 2.14. The highest BCUT2D eigenvalue weighted by atomic mass is 32.2. The summed E-state index contributed by atoms with van der Waals surface area (Å²) >= 11 is 1.61. The molecule has 0 unspecified atom stereocenters. The molecule has 0 atom stereocenters. The lowest BCUT2D eigenvalue weighted by molar-refractivity contribution is 0.560. The highest BCUT2D eigenvalue weighted by molar-refractivity contribution is 7.99. The van der Waals surface area contributed by atoms with E-state index in [1.165, 1.54) is 0 Å². The van der Waals surface area contributed by atoms with E-state index in [1.807, 2.05) is 6.07 Å². The Morgan fingerprint density at radius 1 is 1.65 bits per heavy atom. The molecular formula is C10H13N5OS. The number of hydrogen-bond donors (Lipinski definition) is 2. The normalized spacial score (nSPS) is 11.1. The third-order valence-electron chi connectivity index (χ3n) is 1.81. The number of nitrogens with one attached hydrogen (secondary N) is 2. The molecule has 0 aromatic carbocycles. The Morgan fingerprint density at radius 3 is 3.35 bits per heavy atom. The summed E-state index contributed by atoms with van der Waals surface area (Å²) in [5, 5.41) is 11.5. The van der Waals surface area contributed by atoms with Crippen molar-refractivity contribution in [1.82, 2.24) is 15.2 Å². The van der Waals surface area contributed by atoms with Crippen LogP contribution in [0.5, 0.6) is 0 Å². The summed E-state index contributed by atoms with van der Waals surface area (Å²) in [5.74, 6) is 2.21. The zero-order valence-electron chi connectivity index (χ0n) is 9.38. The molecule has 0 aliphatic heterocycles. The Morgan fingerprint density at radius 2 is 2.59 bits per heavy atom. The number of anilines is 1. The van der Waals surface area contributed by atoms with Crippen LogP contribution in [0.4, 0.5) is 5.95 Å². The van der Waals surface area contributed by atoms with Gasteiger partial charge in [0.1, 0.15) is 5.76 Å². The molecule has 0 saturated heterocycles. The number of H-pyrrole nitrogens is 1. The molecule has 0 saturated carbocycles. The largest absolute Gasteiger partial charge is 0.463 e. The number of furan rings is 1. The maximum atomic E-state index is 5.09. The first-order valence-corrected chi connectivity index (χ1v) is 6.25. The predicted octanol–water partition coefficient (Wildman–Crippen LogP) is 2.35. The molecule has 2 N–H and O–H groups in total. The number of hydrazone groups is 1. The Bertz CT molecular complexity index is 465. The van der Waals surface area contributed by atoms with E-state index in [1.54, 1.807) is 30.3 Å². The van der Waals surface area contributed by atoms with Crippen molar-refractivity contribution in [2.75, 3.05) is 11.2 Å². The van der Waals surface area contributed by atoms with E-state index in [9.17, 15) is 0 Å². The van der Waals surface area contributed by atoms with Gasteiger partial charge in [0.15, 0.2) is 0 Å². The van der Waals surface area contributed by atoms with Crippen molar-refractivity contribution in [2.45, 2.75) is 18.5 Å². The zero-order valence-corrected chi connectivity index (χ0v) is 10.2. The number of nitrogens with zero attached hydrogens (tertiary/aromatic N) is 3. The topological polar surface area (TPSA) is 79.1 Å². The van der Waals surface area contributed by atoms with Crippen LogP contribution in [0.3, 0.4) is 0 Å². The van der Waals surface area contributed by atoms with Gasteiger partial charge >= 0.3 is 0 Å². The molecule has 2 heterocycles. The first-order chi connectivity index (χ1) is 8.38. The fourth-order valence-electron chi connectivity index (χ4n) is 1.08. The van der Waals surface area contributed by atoms with Crippen LogP contribution in [0.2, 0.25) is 0 Å². The molecule has 0 aliphatic rings. The van der Waals surface area contributed by atoms with Crippen LogP contribution in [-0.4, -0.2) is 27.1 Å². The Kier molecular flexibility index (Phi) is 4.20. The van der Waals surface area contributed by atoms with E-state index in [0.29, 0.717) is 11.7 Å². The first kappa shape index (κ1) is 11.7. The van der Waals surface area contributed by atoms with E-state index in [0.717, 1.165) is 17.3 Å². The second-order valence-electron chi connectivity index (χ2n) is 3.20. The third-order valence-corrected chi connectivity index (χ3v) is 2.86. The molecular weight excluding hydrogens is 238 g/mol. The fourth-order valence-corrected chi connectivity index (χ4v) is 1.73. The van der Waals surface area contributed by atoms with Crippen molar-refractivity contribution >= 4 is 23.9 Å². The van der Waals surface area contributed by atoms with Gasteiger partial charge in [0.25, 0.3) is 0 Å². The van der Waals surface area contributed by atoms with Crippen molar-refractivity contribution < 1.29 is 4.42 Å². The first-order valence-electron chi connectivity index (χ1n) is 5.26. The van der Waals surface area contributed by atoms with E-state index >= 15 is 0 Å². The van der Waals surface area contributed by atoms with E-state index in [4.69, 9.17) is 4.42 Å². The van der Waals surface area contributed by atoms with Crippen LogP contribution < -0.4 is 5.43 Å². The highest BCUT2D eigenvalue weighted by Gasteiger charge is 2.01. The van der Waals surface area contributed by atoms with Crippen molar-refractivity contribution in [3.8, 4) is 0 Å². The quantitative estimate of drug-likeness (QED) is 0.468. The van der Waals surface area contributed by atoms with Gasteiger partial charge in [-0.25, -0.2) is 10.5 Å². The summed E-state index contributed by atoms with van der Waals surface area (Å²) in [7, 11) is 0. The average Bonchev–Trinajstić information content (AvgIpc) is 2.98. The average molecular weight is 251 g/mol. The van der Waals surface area contributed by atoms with Gasteiger partial charge in [-0.05, 0) is 18.6 Å². The van der Waals surface area contributed by atoms with Crippen LogP contribution in [0.1, 0.15) is 19.1 Å². The lowest BCUT2D eigenvalue weighted by Gasteiger charge is -1.91. The monoisotopic (exact) mass is 251 g/mol. The van der Waals surface area contributed by atoms with Gasteiger partial charge in [0, 0.05) is 5.75 Å². The van der Waals surface area contributed by atoms with Crippen molar-refractivity contribution in [2.24, 2.45) is 5.10 Å². The molecule has 0 aliphatic carbocycles. The van der Waals surface area contributed by atoms with E-state index in [-0.39, 0.29) is 0 Å². The minimum atomic E-state index is 0.520. The minimum absolute atomic E-state index is 0.520. The molecule has 2 rings (SSSR count). The molecule has 6 nitrogen and oxygen atoms in total. The van der Waals surface area contributed by atoms with Crippen LogP contribution in [-0.2, 0) is 0 Å². The van der Waals surface area contributed by atoms with E-state index in [2.05, 4.69) is 32.6 Å². The summed E-state index contributed by atoms with van der Waals surface area (Å²) < 4.78 is 5.09. The summed E-state index contributed by atoms with van der Waals surface area (Å²) in [6, 6.07) is 3.61. The predicted molar refractivity (Wildman–Crippen MR) is 67.3 cm³/mol. The van der Waals surface area contributed by atoms with Crippen LogP contribution in [0.25, 0.3) is 0 Å². The molecule has 0 amide bonds. The van der Waals surface area contributed by atoms with Gasteiger partial charge < -0.3 is 4.42 Å². The Balaban J connectivity index is 1.84. The maximum absolute atomic E-state index is 5.09. The summed E-state index contributed by atoms with van der Waals surface area (Å²) in [4.78, 5) is 4.21. The van der Waals surface area contributed by atoms with Crippen LogP contribution in [0.15, 0.2) is 33.1 Å². The molecule has 7 heteroatoms. The standard InChI is InChI=1S/C10H13N5OS/c1-2-6-17-10-12-9(14-15-10)13-11-7-8-4-3-5-16-8/h3-5,7H,2,6H2,1H3,(H2,12,13,14,15)/b11-7-. The lowest BCUT2D eigenvalue weighted by atomic mass is 10.5. The smallest absolute Gasteiger partial charge is 0.240 e. The molecule has 0 bridgehead atoms. The number of aromatic nitrogens is 3. The summed E-state index contributed by atoms with van der Waals surface area (Å²) in [5.41, 5.74) is 2.75. The van der Waals surface area contributed by atoms with Gasteiger partial charge in [-0.3, -0.25) is 0 Å². The number of rotatable bonds is 6. The van der Waals surface area contributed by atoms with Crippen molar-refractivity contribution in [1.29, 1.82) is 0 Å². The molecule has 2 aromatic heterocycles. The second kappa shape index (κ2) is 6.09. The SMILES string of the molecule is CCCSc1n[nH]c(N/N=C\c2ccco2)n1. The van der Waals surface area contributed by atoms with Gasteiger partial charge in [-0.2, -0.15) is 10.1 Å². The van der Waals surface area contributed by atoms with E-state index < -0.39 is 0 Å². The lowest BCUT2D eigenvalue weighted by Crippen LogP contribution is -1.91. The van der Waals surface area contributed by atoms with Gasteiger partial charge in [0.2, 0.25) is 11.1 Å². The molecule has 2 aromatic rings. The molecule has 17 heavy (non-hydrogen) atoms. The molecule has 90 valence electrons. The summed E-state index contributed by atoms with van der Waals surface area (Å²) in [6.45, 7) is 2.12. The van der Waals surface area contributed by atoms with Crippen molar-refractivity contribution in [3.05, 3.63) is 24.2 Å². The number of thioether (sulfide) groups is 1. The number of aromatic amines is 1. The minimum Gasteiger partial charge on any atom is -0.463 e. The molecule has 0 spiro atoms. The third kappa shape index (κ3) is 3.63. The molecule has 0 radical (unpaired) electrons. The van der Waals surface area contributed by atoms with Gasteiger partial charge in [-0.15, -0.1) is 5.10 Å².